The van der Waals surface area contributed by atoms with E-state index in [4.69, 9.17) is 37.1 Å². The molecule has 3 aliphatic rings. The second-order valence-electron chi connectivity index (χ2n) is 11.4. The van der Waals surface area contributed by atoms with Crippen LogP contribution in [0.15, 0.2) is 46.5 Å². The van der Waals surface area contributed by atoms with Gasteiger partial charge in [0, 0.05) is 28.1 Å². The molecule has 10 heteroatoms. The van der Waals surface area contributed by atoms with Gasteiger partial charge in [-0.05, 0) is 74.9 Å². The summed E-state index contributed by atoms with van der Waals surface area (Å²) in [5.41, 5.74) is -0.0163. The molecule has 0 radical (unpaired) electrons. The van der Waals surface area contributed by atoms with Crippen LogP contribution in [0.2, 0.25) is 10.0 Å². The number of methoxy groups -OCH3 is 1. The summed E-state index contributed by atoms with van der Waals surface area (Å²) in [6, 6.07) is 8.74. The summed E-state index contributed by atoms with van der Waals surface area (Å²) in [4.78, 5) is 42.6. The summed E-state index contributed by atoms with van der Waals surface area (Å²) < 4.78 is 17.4. The zero-order valence-electron chi connectivity index (χ0n) is 23.6. The van der Waals surface area contributed by atoms with Gasteiger partial charge in [0.2, 0.25) is 11.8 Å². The van der Waals surface area contributed by atoms with Crippen molar-refractivity contribution in [2.24, 2.45) is 17.3 Å². The normalized spacial score (nSPS) is 26.5. The zero-order chi connectivity index (χ0) is 29.3. The largest absolute Gasteiger partial charge is 0.468 e. The minimum atomic E-state index is -1.26. The topological polar surface area (TPSA) is 98.1 Å². The Hall–Kier alpha value is -2.81. The lowest BCUT2D eigenvalue weighted by atomic mass is 9.66. The second kappa shape index (κ2) is 12.2. The van der Waals surface area contributed by atoms with E-state index in [1.165, 1.54) is 7.11 Å². The highest BCUT2D eigenvalue weighted by atomic mass is 35.5. The van der Waals surface area contributed by atoms with Gasteiger partial charge in [-0.1, -0.05) is 42.1 Å². The van der Waals surface area contributed by atoms with Gasteiger partial charge in [-0.2, -0.15) is 0 Å². The highest BCUT2D eigenvalue weighted by molar-refractivity contribution is 6.35. The van der Waals surface area contributed by atoms with E-state index in [2.05, 4.69) is 5.32 Å². The number of hydrogen-bond acceptors (Lipinski definition) is 6. The molecule has 5 rings (SSSR count). The first-order chi connectivity index (χ1) is 19.6. The number of carbonyl (C=O) groups excluding carboxylic acids is 3. The molecule has 41 heavy (non-hydrogen) atoms. The number of carbonyl (C=O) groups is 3. The number of amides is 2. The fourth-order valence-electron chi connectivity index (χ4n) is 6.59. The summed E-state index contributed by atoms with van der Waals surface area (Å²) in [5, 5.41) is 3.74. The third kappa shape index (κ3) is 5.92. The van der Waals surface area contributed by atoms with Crippen LogP contribution in [0.5, 0.6) is 0 Å². The van der Waals surface area contributed by atoms with Gasteiger partial charge in [-0.25, -0.2) is 0 Å². The van der Waals surface area contributed by atoms with Gasteiger partial charge in [0.1, 0.15) is 16.9 Å². The number of likely N-dealkylation sites (tertiary alicyclic amines) is 1. The lowest BCUT2D eigenvalue weighted by molar-refractivity contribution is -0.178. The standard InChI is InChI=1S/C31H36Cl2N2O6/c1-18-8-11-24(40-18)16-34-28(36)12-22-15-31(30(38)39-3)19(2)41-26(20-6-4-5-7-20)14-27(31)35(29(22)37)17-21-9-10-23(32)13-25(21)33/h8-11,13-14,19-20,22,26H,4-7,12,15-17H2,1-3H3,(H,34,36)/t19-,22+,26-,31+/m1/s1. The van der Waals surface area contributed by atoms with Gasteiger partial charge in [0.05, 0.1) is 32.4 Å². The van der Waals surface area contributed by atoms with Crippen LogP contribution in [0.25, 0.3) is 0 Å². The van der Waals surface area contributed by atoms with Crippen molar-refractivity contribution in [3.63, 3.8) is 0 Å². The maximum absolute atomic E-state index is 14.2. The van der Waals surface area contributed by atoms with Gasteiger partial charge in [0.25, 0.3) is 0 Å². The molecule has 1 aromatic carbocycles. The number of hydrogen-bond donors (Lipinski definition) is 1. The first-order valence-electron chi connectivity index (χ1n) is 14.2. The van der Waals surface area contributed by atoms with Gasteiger partial charge < -0.3 is 24.1 Å². The number of nitrogens with zero attached hydrogens (tertiary/aromatic N) is 1. The molecule has 4 atom stereocenters. The minimum absolute atomic E-state index is 0.0982. The van der Waals surface area contributed by atoms with Crippen molar-refractivity contribution >= 4 is 41.0 Å². The summed E-state index contributed by atoms with van der Waals surface area (Å²) >= 11 is 12.7. The second-order valence-corrected chi connectivity index (χ2v) is 12.2. The maximum Gasteiger partial charge on any atom is 0.320 e. The highest BCUT2D eigenvalue weighted by Gasteiger charge is 2.60. The Bertz CT molecular complexity index is 1350. The van der Waals surface area contributed by atoms with E-state index < -0.39 is 23.4 Å². The van der Waals surface area contributed by atoms with E-state index in [1.54, 1.807) is 29.2 Å². The molecule has 2 fully saturated rings. The molecule has 220 valence electrons. The number of halogens is 2. The number of furan rings is 1. The van der Waals surface area contributed by atoms with Crippen LogP contribution >= 0.6 is 23.2 Å². The molecular formula is C31H36Cl2N2O6. The number of rotatable bonds is 8. The molecule has 1 aliphatic carbocycles. The number of esters is 1. The molecule has 1 saturated heterocycles. The van der Waals surface area contributed by atoms with Crippen LogP contribution in [-0.2, 0) is 36.9 Å². The molecule has 8 nitrogen and oxygen atoms in total. The number of aryl methyl sites for hydroxylation is 1. The minimum Gasteiger partial charge on any atom is -0.468 e. The van der Waals surface area contributed by atoms with E-state index in [9.17, 15) is 14.4 Å². The molecule has 3 heterocycles. The first-order valence-corrected chi connectivity index (χ1v) is 14.9. The van der Waals surface area contributed by atoms with Crippen molar-refractivity contribution in [1.29, 1.82) is 0 Å². The Balaban J connectivity index is 1.51. The highest BCUT2D eigenvalue weighted by Crippen LogP contribution is 2.52. The summed E-state index contributed by atoms with van der Waals surface area (Å²) in [7, 11) is 1.34. The third-order valence-corrected chi connectivity index (χ3v) is 9.34. The Kier molecular flexibility index (Phi) is 8.83. The quantitative estimate of drug-likeness (QED) is 0.374. The smallest absolute Gasteiger partial charge is 0.320 e. The molecule has 0 unspecified atom stereocenters. The van der Waals surface area contributed by atoms with E-state index in [0.717, 1.165) is 31.4 Å². The monoisotopic (exact) mass is 602 g/mol. The number of piperidine rings is 1. The number of nitrogens with one attached hydrogen (secondary N) is 1. The van der Waals surface area contributed by atoms with Crippen molar-refractivity contribution in [2.75, 3.05) is 7.11 Å². The SMILES string of the molecule is COC(=O)[C@]12C[C@H](CC(=O)NCc3ccc(C)o3)C(=O)N(Cc3ccc(Cl)cc3Cl)C1=C[C@H](C1CCCC1)O[C@@H]2C. The number of ether oxygens (including phenoxy) is 2. The van der Waals surface area contributed by atoms with E-state index in [1.807, 2.05) is 26.0 Å². The number of fused-ring (bicyclic) bond motifs is 1. The molecule has 2 amide bonds. The predicted octanol–water partition coefficient (Wildman–Crippen LogP) is 5.97. The van der Waals surface area contributed by atoms with Crippen LogP contribution < -0.4 is 5.32 Å². The van der Waals surface area contributed by atoms with E-state index >= 15 is 0 Å². The van der Waals surface area contributed by atoms with E-state index in [-0.39, 0.29) is 43.8 Å². The van der Waals surface area contributed by atoms with Crippen molar-refractivity contribution in [3.05, 3.63) is 69.2 Å². The lowest BCUT2D eigenvalue weighted by Gasteiger charge is -2.52. The zero-order valence-corrected chi connectivity index (χ0v) is 25.1. The van der Waals surface area contributed by atoms with Crippen LogP contribution in [0, 0.1) is 24.2 Å². The number of benzene rings is 1. The van der Waals surface area contributed by atoms with E-state index in [0.29, 0.717) is 33.0 Å². The Labute approximate surface area is 250 Å². The lowest BCUT2D eigenvalue weighted by Crippen LogP contribution is -2.60. The Morgan fingerprint density at radius 3 is 2.59 bits per heavy atom. The average molecular weight is 604 g/mol. The van der Waals surface area contributed by atoms with Gasteiger partial charge >= 0.3 is 5.97 Å². The molecule has 0 bridgehead atoms. The predicted molar refractivity (Wildman–Crippen MR) is 154 cm³/mol. The van der Waals surface area contributed by atoms with Gasteiger partial charge in [-0.3, -0.25) is 14.4 Å². The summed E-state index contributed by atoms with van der Waals surface area (Å²) in [6.07, 6.45) is 5.45. The first kappa shape index (κ1) is 29.7. The summed E-state index contributed by atoms with van der Waals surface area (Å²) in [5.74, 6) is -0.164. The van der Waals surface area contributed by atoms with Crippen LogP contribution in [-0.4, -0.2) is 42.0 Å². The molecule has 2 aromatic rings. The Morgan fingerprint density at radius 2 is 1.93 bits per heavy atom. The molecule has 1 aromatic heterocycles. The van der Waals surface area contributed by atoms with Crippen molar-refractivity contribution in [2.45, 2.75) is 77.7 Å². The van der Waals surface area contributed by atoms with Gasteiger partial charge in [0.15, 0.2) is 0 Å². The summed E-state index contributed by atoms with van der Waals surface area (Å²) in [6.45, 7) is 4.02. The molecule has 2 aliphatic heterocycles. The molecule has 0 spiro atoms. The third-order valence-electron chi connectivity index (χ3n) is 8.75. The molecular weight excluding hydrogens is 567 g/mol. The van der Waals surface area contributed by atoms with Gasteiger partial charge in [-0.15, -0.1) is 0 Å². The maximum atomic E-state index is 14.2. The molecule has 1 saturated carbocycles. The molecule has 1 N–H and O–H groups in total. The van der Waals surface area contributed by atoms with Crippen molar-refractivity contribution < 1.29 is 28.3 Å². The Morgan fingerprint density at radius 1 is 1.17 bits per heavy atom. The van der Waals surface area contributed by atoms with Crippen LogP contribution in [0.1, 0.15) is 62.5 Å². The van der Waals surface area contributed by atoms with Crippen LogP contribution in [0.4, 0.5) is 0 Å². The average Bonchev–Trinajstić information content (AvgIpc) is 3.63. The van der Waals surface area contributed by atoms with Crippen molar-refractivity contribution in [1.82, 2.24) is 10.2 Å². The fourth-order valence-corrected chi connectivity index (χ4v) is 7.06. The van der Waals surface area contributed by atoms with Crippen LogP contribution in [0.3, 0.4) is 0 Å². The van der Waals surface area contributed by atoms with Crippen molar-refractivity contribution in [3.8, 4) is 0 Å². The fraction of sp³-hybridized carbons (Fsp3) is 0.516.